The fraction of sp³-hybridized carbons (Fsp3) is 0.125. The van der Waals surface area contributed by atoms with Crippen molar-refractivity contribution < 1.29 is 10.2 Å². The fourth-order valence-electron chi connectivity index (χ4n) is 2.28. The number of aromatic amines is 1. The lowest BCUT2D eigenvalue weighted by Crippen LogP contribution is -2.00. The Morgan fingerprint density at radius 3 is 2.85 bits per heavy atom. The van der Waals surface area contributed by atoms with Crippen LogP contribution in [0.3, 0.4) is 0 Å². The number of aromatic hydroxyl groups is 1. The number of nitrogens with one attached hydrogen (secondary N) is 1. The van der Waals surface area contributed by atoms with Gasteiger partial charge in [-0.15, -0.1) is 0 Å². The smallest absolute Gasteiger partial charge is 0.216 e. The normalized spacial score (nSPS) is 11.4. The molecular weight excluding hydrogens is 397 g/mol. The lowest BCUT2D eigenvalue weighted by atomic mass is 10.1. The van der Waals surface area contributed by atoms with E-state index in [0.717, 1.165) is 0 Å². The summed E-state index contributed by atoms with van der Waals surface area (Å²) in [7, 11) is 0. The molecule has 134 valence electrons. The average molecular weight is 410 g/mol. The minimum Gasteiger partial charge on any atom is -0.505 e. The quantitative estimate of drug-likeness (QED) is 0.450. The number of H-pyrrole nitrogens is 1. The number of rotatable bonds is 4. The van der Waals surface area contributed by atoms with E-state index in [9.17, 15) is 10.2 Å². The molecule has 0 aliphatic rings. The molecule has 0 bridgehead atoms. The van der Waals surface area contributed by atoms with Gasteiger partial charge < -0.3 is 10.2 Å². The molecule has 10 heteroatoms. The molecule has 0 radical (unpaired) electrons. The minimum absolute atomic E-state index is 0.0682. The number of aliphatic hydroxyl groups excluding tert-OH is 1. The van der Waals surface area contributed by atoms with Gasteiger partial charge in [-0.3, -0.25) is 4.98 Å². The Balaban J connectivity index is 2.10. The van der Waals surface area contributed by atoms with Crippen molar-refractivity contribution in [1.82, 2.24) is 19.9 Å². The van der Waals surface area contributed by atoms with Crippen LogP contribution in [0.4, 0.5) is 0 Å². The standard InChI is InChI=1S/C16H13Cl2N5O2S/c1-8-14(25)12(9(7-24)5-19-8)6-20-23-15(21-22-16(23)26)11-3-2-10(17)4-13(11)18/h2-6,24-25H,7H2,1H3,(H,22,26)/b20-6+. The van der Waals surface area contributed by atoms with Crippen molar-refractivity contribution in [2.75, 3.05) is 0 Å². The van der Waals surface area contributed by atoms with E-state index in [2.05, 4.69) is 20.3 Å². The van der Waals surface area contributed by atoms with Crippen molar-refractivity contribution in [3.63, 3.8) is 0 Å². The largest absolute Gasteiger partial charge is 0.505 e. The van der Waals surface area contributed by atoms with Crippen molar-refractivity contribution in [2.24, 2.45) is 5.10 Å². The van der Waals surface area contributed by atoms with Crippen LogP contribution < -0.4 is 0 Å². The number of pyridine rings is 1. The molecule has 3 aromatic rings. The van der Waals surface area contributed by atoms with Gasteiger partial charge in [0.1, 0.15) is 5.75 Å². The Morgan fingerprint density at radius 2 is 2.15 bits per heavy atom. The predicted molar refractivity (Wildman–Crippen MR) is 102 cm³/mol. The molecular formula is C16H13Cl2N5O2S. The van der Waals surface area contributed by atoms with Crippen LogP contribution in [0.25, 0.3) is 11.4 Å². The number of hydrogen-bond donors (Lipinski definition) is 3. The third-order valence-corrected chi connectivity index (χ3v) is 4.46. The number of aryl methyl sites for hydroxylation is 1. The van der Waals surface area contributed by atoms with Crippen LogP contribution in [0.2, 0.25) is 10.0 Å². The van der Waals surface area contributed by atoms with Gasteiger partial charge in [0.15, 0.2) is 5.82 Å². The van der Waals surface area contributed by atoms with Gasteiger partial charge in [-0.05, 0) is 37.3 Å². The lowest BCUT2D eigenvalue weighted by molar-refractivity contribution is 0.280. The van der Waals surface area contributed by atoms with Gasteiger partial charge in [0.05, 0.1) is 23.5 Å². The molecule has 2 heterocycles. The molecule has 1 aromatic carbocycles. The van der Waals surface area contributed by atoms with Crippen molar-refractivity contribution in [1.29, 1.82) is 0 Å². The number of aromatic nitrogens is 4. The summed E-state index contributed by atoms with van der Waals surface area (Å²) in [6.45, 7) is 1.35. The Kier molecular flexibility index (Phi) is 5.38. The maximum absolute atomic E-state index is 10.2. The molecule has 7 nitrogen and oxygen atoms in total. The van der Waals surface area contributed by atoms with Crippen LogP contribution >= 0.6 is 35.4 Å². The summed E-state index contributed by atoms with van der Waals surface area (Å²) in [6, 6.07) is 4.97. The summed E-state index contributed by atoms with van der Waals surface area (Å²) >= 11 is 17.4. The summed E-state index contributed by atoms with van der Waals surface area (Å²) in [5.41, 5.74) is 1.77. The summed E-state index contributed by atoms with van der Waals surface area (Å²) < 4.78 is 1.60. The van der Waals surface area contributed by atoms with Crippen molar-refractivity contribution in [3.05, 3.63) is 56.0 Å². The molecule has 0 saturated carbocycles. The molecule has 2 aromatic heterocycles. The maximum atomic E-state index is 10.2. The highest BCUT2D eigenvalue weighted by Gasteiger charge is 2.14. The highest BCUT2D eigenvalue weighted by atomic mass is 35.5. The van der Waals surface area contributed by atoms with Gasteiger partial charge in [0.25, 0.3) is 0 Å². The van der Waals surface area contributed by atoms with Gasteiger partial charge in [-0.2, -0.15) is 14.9 Å². The fourth-order valence-corrected chi connectivity index (χ4v) is 2.95. The Morgan fingerprint density at radius 1 is 1.38 bits per heavy atom. The number of nitrogens with zero attached hydrogens (tertiary/aromatic N) is 4. The monoisotopic (exact) mass is 409 g/mol. The van der Waals surface area contributed by atoms with E-state index in [1.54, 1.807) is 25.1 Å². The summed E-state index contributed by atoms with van der Waals surface area (Å²) in [5, 5.41) is 31.6. The van der Waals surface area contributed by atoms with Gasteiger partial charge in [0.2, 0.25) is 4.77 Å². The second kappa shape index (κ2) is 7.55. The van der Waals surface area contributed by atoms with Gasteiger partial charge in [-0.25, -0.2) is 5.10 Å². The number of hydrogen-bond acceptors (Lipinski definition) is 6. The topological polar surface area (TPSA) is 99.3 Å². The van der Waals surface area contributed by atoms with Gasteiger partial charge >= 0.3 is 0 Å². The SMILES string of the molecule is Cc1ncc(CO)c(/C=N/n2c(-c3ccc(Cl)cc3Cl)n[nH]c2=S)c1O. The highest BCUT2D eigenvalue weighted by molar-refractivity contribution is 7.71. The summed E-state index contributed by atoms with van der Waals surface area (Å²) in [5.74, 6) is 0.310. The highest BCUT2D eigenvalue weighted by Crippen LogP contribution is 2.29. The molecule has 26 heavy (non-hydrogen) atoms. The third kappa shape index (κ3) is 3.49. The van der Waals surface area contributed by atoms with Crippen LogP contribution in [-0.2, 0) is 6.61 Å². The van der Waals surface area contributed by atoms with E-state index < -0.39 is 0 Å². The molecule has 3 rings (SSSR count). The third-order valence-electron chi connectivity index (χ3n) is 3.65. The van der Waals surface area contributed by atoms with Gasteiger partial charge in [-0.1, -0.05) is 23.2 Å². The second-order valence-corrected chi connectivity index (χ2v) is 6.55. The molecule has 0 aliphatic carbocycles. The first-order valence-electron chi connectivity index (χ1n) is 7.38. The van der Waals surface area contributed by atoms with Crippen molar-refractivity contribution >= 4 is 41.6 Å². The molecule has 0 aliphatic heterocycles. The molecule has 0 spiro atoms. The summed E-state index contributed by atoms with van der Waals surface area (Å²) in [4.78, 5) is 4.01. The van der Waals surface area contributed by atoms with E-state index in [1.807, 2.05) is 0 Å². The lowest BCUT2D eigenvalue weighted by Gasteiger charge is -2.07. The molecule has 0 saturated heterocycles. The summed E-state index contributed by atoms with van der Waals surface area (Å²) in [6.07, 6.45) is 2.86. The Labute approximate surface area is 163 Å². The molecule has 3 N–H and O–H groups in total. The molecule has 0 unspecified atom stereocenters. The first kappa shape index (κ1) is 18.5. The number of benzene rings is 1. The zero-order chi connectivity index (χ0) is 18.8. The zero-order valence-electron chi connectivity index (χ0n) is 13.4. The first-order valence-corrected chi connectivity index (χ1v) is 8.54. The molecule has 0 amide bonds. The predicted octanol–water partition coefficient (Wildman–Crippen LogP) is 3.70. The zero-order valence-corrected chi connectivity index (χ0v) is 15.8. The van der Waals surface area contributed by atoms with Crippen molar-refractivity contribution in [3.8, 4) is 17.1 Å². The van der Waals surface area contributed by atoms with E-state index in [1.165, 1.54) is 17.1 Å². The molecule has 0 atom stereocenters. The van der Waals surface area contributed by atoms with Gasteiger partial charge in [0, 0.05) is 27.9 Å². The van der Waals surface area contributed by atoms with Crippen LogP contribution in [0, 0.1) is 11.7 Å². The van der Waals surface area contributed by atoms with Crippen LogP contribution in [0.15, 0.2) is 29.5 Å². The van der Waals surface area contributed by atoms with Crippen LogP contribution in [0.1, 0.15) is 16.8 Å². The number of aliphatic hydroxyl groups is 1. The average Bonchev–Trinajstić information content (AvgIpc) is 2.97. The number of halogens is 2. The van der Waals surface area contributed by atoms with E-state index in [0.29, 0.717) is 38.3 Å². The molecule has 0 fully saturated rings. The van der Waals surface area contributed by atoms with E-state index >= 15 is 0 Å². The van der Waals surface area contributed by atoms with Crippen LogP contribution in [-0.4, -0.2) is 36.3 Å². The van der Waals surface area contributed by atoms with E-state index in [4.69, 9.17) is 35.4 Å². The Bertz CT molecular complexity index is 1060. The minimum atomic E-state index is -0.297. The Hall–Kier alpha value is -2.26. The van der Waals surface area contributed by atoms with E-state index in [-0.39, 0.29) is 17.1 Å². The first-order chi connectivity index (χ1) is 12.4. The maximum Gasteiger partial charge on any atom is 0.216 e. The second-order valence-electron chi connectivity index (χ2n) is 5.32. The van der Waals surface area contributed by atoms with Crippen LogP contribution in [0.5, 0.6) is 5.75 Å². The van der Waals surface area contributed by atoms with Crippen molar-refractivity contribution in [2.45, 2.75) is 13.5 Å².